The van der Waals surface area contributed by atoms with Crippen LogP contribution in [0.25, 0.3) is 0 Å². The van der Waals surface area contributed by atoms with Crippen molar-refractivity contribution >= 4 is 23.2 Å². The zero-order chi connectivity index (χ0) is 20.3. The van der Waals surface area contributed by atoms with Crippen molar-refractivity contribution in [2.45, 2.75) is 19.0 Å². The molecule has 1 fully saturated rings. The second-order valence-corrected chi connectivity index (χ2v) is 6.31. The number of alkyl halides is 3. The highest BCUT2D eigenvalue weighted by molar-refractivity contribution is 5.96. The van der Waals surface area contributed by atoms with Gasteiger partial charge in [-0.1, -0.05) is 0 Å². The first kappa shape index (κ1) is 19.7. The van der Waals surface area contributed by atoms with Crippen molar-refractivity contribution in [1.82, 2.24) is 0 Å². The lowest BCUT2D eigenvalue weighted by atomic mass is 10.1. The molecule has 0 saturated heterocycles. The topological polar surface area (TPSA) is 67.4 Å². The molecule has 3 rings (SSSR count). The van der Waals surface area contributed by atoms with Crippen molar-refractivity contribution < 1.29 is 31.9 Å². The maximum Gasteiger partial charge on any atom is 0.418 e. The first-order chi connectivity index (χ1) is 13.2. The second-order valence-electron chi connectivity index (χ2n) is 6.31. The molecule has 2 N–H and O–H groups in total. The zero-order valence-corrected chi connectivity index (χ0v) is 14.5. The maximum absolute atomic E-state index is 13.3. The van der Waals surface area contributed by atoms with Crippen LogP contribution in [0.1, 0.15) is 18.4 Å². The van der Waals surface area contributed by atoms with Gasteiger partial charge in [0.2, 0.25) is 5.91 Å². The van der Waals surface area contributed by atoms with E-state index >= 15 is 0 Å². The fourth-order valence-electron chi connectivity index (χ4n) is 2.42. The number of halogens is 4. The van der Waals surface area contributed by atoms with Gasteiger partial charge in [-0.25, -0.2) is 4.39 Å². The maximum atomic E-state index is 13.3. The van der Waals surface area contributed by atoms with Crippen molar-refractivity contribution in [3.8, 4) is 5.75 Å². The van der Waals surface area contributed by atoms with Crippen LogP contribution in [-0.4, -0.2) is 18.4 Å². The van der Waals surface area contributed by atoms with E-state index in [4.69, 9.17) is 4.74 Å². The molecule has 1 saturated carbocycles. The summed E-state index contributed by atoms with van der Waals surface area (Å²) in [5, 5.41) is 4.58. The molecule has 5 nitrogen and oxygen atoms in total. The third-order valence-corrected chi connectivity index (χ3v) is 4.00. The monoisotopic (exact) mass is 396 g/mol. The molecule has 148 valence electrons. The van der Waals surface area contributed by atoms with Gasteiger partial charge in [-0.05, 0) is 55.3 Å². The van der Waals surface area contributed by atoms with E-state index in [1.165, 1.54) is 18.2 Å². The average molecular weight is 396 g/mol. The predicted molar refractivity (Wildman–Crippen MR) is 93.3 cm³/mol. The van der Waals surface area contributed by atoms with Gasteiger partial charge in [0.1, 0.15) is 11.6 Å². The summed E-state index contributed by atoms with van der Waals surface area (Å²) < 4.78 is 58.0. The molecule has 0 aliphatic heterocycles. The number of benzene rings is 2. The third kappa shape index (κ3) is 5.21. The Morgan fingerprint density at radius 3 is 2.32 bits per heavy atom. The van der Waals surface area contributed by atoms with Crippen LogP contribution in [0.15, 0.2) is 42.5 Å². The summed E-state index contributed by atoms with van der Waals surface area (Å²) in [6.07, 6.45) is -3.29. The summed E-state index contributed by atoms with van der Waals surface area (Å²) in [5.74, 6) is -1.58. The Morgan fingerprint density at radius 1 is 1.04 bits per heavy atom. The molecule has 0 radical (unpaired) electrons. The normalized spacial score (nSPS) is 13.7. The summed E-state index contributed by atoms with van der Waals surface area (Å²) in [7, 11) is 0. The molecule has 9 heteroatoms. The molecule has 0 unspecified atom stereocenters. The molecule has 0 atom stereocenters. The zero-order valence-electron chi connectivity index (χ0n) is 14.5. The van der Waals surface area contributed by atoms with Crippen molar-refractivity contribution in [2.75, 3.05) is 17.2 Å². The van der Waals surface area contributed by atoms with Gasteiger partial charge in [0.15, 0.2) is 6.61 Å². The standard InChI is InChI=1S/C19H16F4N2O3/c20-12-3-6-14(7-4-12)28-10-17(26)25-16-8-5-13(9-15(16)19(21,22)23)24-18(27)11-1-2-11/h3-9,11H,1-2,10H2,(H,24,27)(H,25,26). The van der Waals surface area contributed by atoms with Crippen molar-refractivity contribution in [3.05, 3.63) is 53.8 Å². The average Bonchev–Trinajstić information content (AvgIpc) is 3.47. The number of nitrogens with one attached hydrogen (secondary N) is 2. The molecule has 0 aromatic heterocycles. The van der Waals surface area contributed by atoms with Gasteiger partial charge in [-0.15, -0.1) is 0 Å². The fourth-order valence-corrected chi connectivity index (χ4v) is 2.42. The summed E-state index contributed by atoms with van der Waals surface area (Å²) in [6, 6.07) is 7.97. The Hall–Kier alpha value is -3.10. The van der Waals surface area contributed by atoms with Crippen molar-refractivity contribution in [1.29, 1.82) is 0 Å². The summed E-state index contributed by atoms with van der Waals surface area (Å²) >= 11 is 0. The van der Waals surface area contributed by atoms with Crippen LogP contribution in [0.2, 0.25) is 0 Å². The van der Waals surface area contributed by atoms with Gasteiger partial charge < -0.3 is 15.4 Å². The number of ether oxygens (including phenoxy) is 1. The van der Waals surface area contributed by atoms with Crippen LogP contribution < -0.4 is 15.4 Å². The van der Waals surface area contributed by atoms with Gasteiger partial charge in [-0.2, -0.15) is 13.2 Å². The van der Waals surface area contributed by atoms with E-state index in [1.54, 1.807) is 0 Å². The Morgan fingerprint density at radius 2 is 1.71 bits per heavy atom. The van der Waals surface area contributed by atoms with E-state index in [2.05, 4.69) is 10.6 Å². The van der Waals surface area contributed by atoms with Crippen LogP contribution in [0.3, 0.4) is 0 Å². The lowest BCUT2D eigenvalue weighted by Crippen LogP contribution is -2.22. The molecule has 0 spiro atoms. The fraction of sp³-hybridized carbons (Fsp3) is 0.263. The Labute approximate surface area is 157 Å². The predicted octanol–water partition coefficient (Wildman–Crippen LogP) is 4.21. The number of hydrogen-bond donors (Lipinski definition) is 2. The molecular formula is C19H16F4N2O3. The van der Waals surface area contributed by atoms with Gasteiger partial charge in [0.25, 0.3) is 5.91 Å². The van der Waals surface area contributed by atoms with E-state index in [-0.39, 0.29) is 23.3 Å². The number of anilines is 2. The lowest BCUT2D eigenvalue weighted by Gasteiger charge is -2.16. The van der Waals surface area contributed by atoms with Gasteiger partial charge in [0, 0.05) is 11.6 Å². The van der Waals surface area contributed by atoms with Crippen LogP contribution in [0.4, 0.5) is 28.9 Å². The SMILES string of the molecule is O=C(COc1ccc(F)cc1)Nc1ccc(NC(=O)C2CC2)cc1C(F)(F)F. The first-order valence-electron chi connectivity index (χ1n) is 8.43. The van der Waals surface area contributed by atoms with Gasteiger partial charge >= 0.3 is 6.18 Å². The van der Waals surface area contributed by atoms with Crippen molar-refractivity contribution in [3.63, 3.8) is 0 Å². The lowest BCUT2D eigenvalue weighted by molar-refractivity contribution is -0.137. The van der Waals surface area contributed by atoms with Crippen molar-refractivity contribution in [2.24, 2.45) is 5.92 Å². The number of carbonyl (C=O) groups is 2. The van der Waals surface area contributed by atoms with Gasteiger partial charge in [-0.3, -0.25) is 9.59 Å². The summed E-state index contributed by atoms with van der Waals surface area (Å²) in [5.41, 5.74) is -1.54. The number of rotatable bonds is 6. The smallest absolute Gasteiger partial charge is 0.418 e. The third-order valence-electron chi connectivity index (χ3n) is 4.00. The molecule has 28 heavy (non-hydrogen) atoms. The van der Waals surface area contributed by atoms with E-state index in [9.17, 15) is 27.2 Å². The summed E-state index contributed by atoms with van der Waals surface area (Å²) in [6.45, 7) is -0.552. The minimum atomic E-state index is -4.74. The molecule has 0 heterocycles. The highest BCUT2D eigenvalue weighted by Crippen LogP contribution is 2.37. The summed E-state index contributed by atoms with van der Waals surface area (Å²) in [4.78, 5) is 23.7. The van der Waals surface area contributed by atoms with Crippen LogP contribution in [0.5, 0.6) is 5.75 Å². The second kappa shape index (κ2) is 7.87. The number of carbonyl (C=O) groups excluding carboxylic acids is 2. The molecule has 2 aromatic rings. The van der Waals surface area contributed by atoms with E-state index in [1.807, 2.05) is 0 Å². The molecular weight excluding hydrogens is 380 g/mol. The highest BCUT2D eigenvalue weighted by atomic mass is 19.4. The number of amides is 2. The molecule has 1 aliphatic carbocycles. The van der Waals surface area contributed by atoms with E-state index < -0.39 is 35.8 Å². The largest absolute Gasteiger partial charge is 0.484 e. The Kier molecular flexibility index (Phi) is 5.53. The molecule has 0 bridgehead atoms. The van der Waals surface area contributed by atoms with E-state index in [0.29, 0.717) is 0 Å². The number of hydrogen-bond acceptors (Lipinski definition) is 3. The van der Waals surface area contributed by atoms with Gasteiger partial charge in [0.05, 0.1) is 11.3 Å². The molecule has 2 amide bonds. The Balaban J connectivity index is 1.68. The van der Waals surface area contributed by atoms with E-state index in [0.717, 1.165) is 37.1 Å². The minimum absolute atomic E-state index is 0.00443. The molecule has 2 aromatic carbocycles. The molecule has 1 aliphatic rings. The van der Waals surface area contributed by atoms with Crippen LogP contribution in [-0.2, 0) is 15.8 Å². The Bertz CT molecular complexity index is 878. The quantitative estimate of drug-likeness (QED) is 0.719. The minimum Gasteiger partial charge on any atom is -0.484 e. The first-order valence-corrected chi connectivity index (χ1v) is 8.43. The van der Waals surface area contributed by atoms with Crippen LogP contribution >= 0.6 is 0 Å². The van der Waals surface area contributed by atoms with Crippen LogP contribution in [0, 0.1) is 11.7 Å². The highest BCUT2D eigenvalue weighted by Gasteiger charge is 2.35.